The molecule has 0 aromatic heterocycles. The van der Waals surface area contributed by atoms with Crippen molar-refractivity contribution in [1.82, 2.24) is 0 Å². The summed E-state index contributed by atoms with van der Waals surface area (Å²) in [7, 11) is 0. The van der Waals surface area contributed by atoms with E-state index in [1.54, 1.807) is 19.1 Å². The summed E-state index contributed by atoms with van der Waals surface area (Å²) in [5.74, 6) is -0.901. The van der Waals surface area contributed by atoms with Crippen LogP contribution in [0.5, 0.6) is 0 Å². The zero-order valence-corrected chi connectivity index (χ0v) is 11.3. The molecule has 18 heavy (non-hydrogen) atoms. The lowest BCUT2D eigenvalue weighted by molar-refractivity contribution is 0.156. The van der Waals surface area contributed by atoms with Crippen LogP contribution in [0, 0.1) is 30.4 Å². The summed E-state index contributed by atoms with van der Waals surface area (Å²) in [6.45, 7) is 5.72. The number of hydrogen-bond acceptors (Lipinski definition) is 1. The van der Waals surface area contributed by atoms with Gasteiger partial charge in [0.25, 0.3) is 0 Å². The highest BCUT2D eigenvalue weighted by Gasteiger charge is 2.41. The molecule has 0 amide bonds. The van der Waals surface area contributed by atoms with E-state index in [2.05, 4.69) is 6.92 Å². The van der Waals surface area contributed by atoms with Crippen LogP contribution in [0.15, 0.2) is 12.1 Å². The number of aryl methyl sites for hydroxylation is 1. The van der Waals surface area contributed by atoms with Crippen LogP contribution in [-0.4, -0.2) is 0 Å². The molecule has 0 heterocycles. The number of hydrogen-bond donors (Lipinski definition) is 1. The van der Waals surface area contributed by atoms with Crippen molar-refractivity contribution in [2.75, 3.05) is 0 Å². The minimum Gasteiger partial charge on any atom is -0.321 e. The third-order valence-electron chi connectivity index (χ3n) is 4.43. The van der Waals surface area contributed by atoms with E-state index in [1.807, 2.05) is 6.92 Å². The lowest BCUT2D eigenvalue weighted by atomic mass is 9.67. The van der Waals surface area contributed by atoms with Crippen LogP contribution in [-0.2, 0) is 5.54 Å². The van der Waals surface area contributed by atoms with Crippen LogP contribution in [0.2, 0.25) is 0 Å². The van der Waals surface area contributed by atoms with E-state index in [-0.39, 0.29) is 5.92 Å². The predicted octanol–water partition coefficient (Wildman–Crippen LogP) is 3.88. The Morgan fingerprint density at radius 2 is 1.83 bits per heavy atom. The monoisotopic (exact) mass is 253 g/mol. The largest absolute Gasteiger partial charge is 0.321 e. The number of nitrogens with two attached hydrogens (primary N) is 1. The molecule has 2 rings (SSSR count). The molecular weight excluding hydrogens is 232 g/mol. The zero-order valence-electron chi connectivity index (χ0n) is 11.3. The normalized spacial score (nSPS) is 32.6. The molecule has 0 bridgehead atoms. The second-order valence-corrected chi connectivity index (χ2v) is 5.89. The lowest BCUT2D eigenvalue weighted by Gasteiger charge is -2.43. The molecular formula is C15H21F2N. The average molecular weight is 253 g/mol. The first-order valence-electron chi connectivity index (χ1n) is 6.60. The quantitative estimate of drug-likeness (QED) is 0.807. The second kappa shape index (κ2) is 4.61. The van der Waals surface area contributed by atoms with Gasteiger partial charge in [-0.1, -0.05) is 32.4 Å². The summed E-state index contributed by atoms with van der Waals surface area (Å²) in [5, 5.41) is 0. The topological polar surface area (TPSA) is 26.0 Å². The van der Waals surface area contributed by atoms with Crippen LogP contribution >= 0.6 is 0 Å². The first-order chi connectivity index (χ1) is 8.36. The molecule has 0 radical (unpaired) electrons. The first kappa shape index (κ1) is 13.5. The summed E-state index contributed by atoms with van der Waals surface area (Å²) in [4.78, 5) is 0. The predicted molar refractivity (Wildman–Crippen MR) is 69.1 cm³/mol. The summed E-state index contributed by atoms with van der Waals surface area (Å²) >= 11 is 0. The maximum atomic E-state index is 14.1. The van der Waals surface area contributed by atoms with Crippen molar-refractivity contribution >= 4 is 0 Å². The van der Waals surface area contributed by atoms with Crippen molar-refractivity contribution in [2.45, 2.75) is 45.6 Å². The highest BCUT2D eigenvalue weighted by atomic mass is 19.2. The van der Waals surface area contributed by atoms with Crippen LogP contribution < -0.4 is 5.73 Å². The number of rotatable bonds is 1. The van der Waals surface area contributed by atoms with Gasteiger partial charge in [-0.25, -0.2) is 8.78 Å². The van der Waals surface area contributed by atoms with Crippen molar-refractivity contribution in [1.29, 1.82) is 0 Å². The first-order valence-corrected chi connectivity index (χ1v) is 6.60. The fourth-order valence-corrected chi connectivity index (χ4v) is 3.05. The summed E-state index contributed by atoms with van der Waals surface area (Å²) < 4.78 is 27.8. The molecule has 0 spiro atoms. The van der Waals surface area contributed by atoms with Gasteiger partial charge in [0.1, 0.15) is 0 Å². The SMILES string of the molecule is Cc1ccc(C2(N)CC(C)CCC2C)c(F)c1F. The van der Waals surface area contributed by atoms with E-state index in [0.29, 0.717) is 23.5 Å². The Kier molecular flexibility index (Phi) is 3.45. The van der Waals surface area contributed by atoms with Gasteiger partial charge < -0.3 is 5.73 Å². The molecule has 100 valence electrons. The molecule has 1 aliphatic rings. The Labute approximate surface area is 107 Å². The Hall–Kier alpha value is -0.960. The Balaban J connectivity index is 2.49. The maximum absolute atomic E-state index is 14.1. The van der Waals surface area contributed by atoms with Gasteiger partial charge in [-0.05, 0) is 37.2 Å². The molecule has 3 atom stereocenters. The molecule has 2 N–H and O–H groups in total. The second-order valence-electron chi connectivity index (χ2n) is 5.89. The van der Waals surface area contributed by atoms with Gasteiger partial charge in [-0.15, -0.1) is 0 Å². The number of benzene rings is 1. The Morgan fingerprint density at radius 1 is 1.17 bits per heavy atom. The van der Waals surface area contributed by atoms with Gasteiger partial charge in [0.05, 0.1) is 0 Å². The fourth-order valence-electron chi connectivity index (χ4n) is 3.05. The van der Waals surface area contributed by atoms with Crippen LogP contribution in [0.1, 0.15) is 44.2 Å². The maximum Gasteiger partial charge on any atom is 0.164 e. The van der Waals surface area contributed by atoms with Crippen molar-refractivity contribution in [2.24, 2.45) is 17.6 Å². The summed E-state index contributed by atoms with van der Waals surface area (Å²) in [6, 6.07) is 3.27. The summed E-state index contributed by atoms with van der Waals surface area (Å²) in [6.07, 6.45) is 2.79. The zero-order chi connectivity index (χ0) is 13.5. The minimum absolute atomic E-state index is 0.172. The molecule has 3 heteroatoms. The van der Waals surface area contributed by atoms with E-state index in [0.717, 1.165) is 12.8 Å². The van der Waals surface area contributed by atoms with Gasteiger partial charge in [-0.3, -0.25) is 0 Å². The molecule has 1 aromatic rings. The van der Waals surface area contributed by atoms with Crippen molar-refractivity contribution in [3.05, 3.63) is 34.9 Å². The third kappa shape index (κ3) is 2.05. The molecule has 1 aliphatic carbocycles. The van der Waals surface area contributed by atoms with Crippen LogP contribution in [0.3, 0.4) is 0 Å². The van der Waals surface area contributed by atoms with Crippen LogP contribution in [0.4, 0.5) is 8.78 Å². The van der Waals surface area contributed by atoms with Gasteiger partial charge in [0, 0.05) is 11.1 Å². The molecule has 1 aromatic carbocycles. The minimum atomic E-state index is -0.765. The molecule has 0 aliphatic heterocycles. The molecule has 1 saturated carbocycles. The van der Waals surface area contributed by atoms with E-state index in [4.69, 9.17) is 5.73 Å². The van der Waals surface area contributed by atoms with Gasteiger partial charge in [0.15, 0.2) is 11.6 Å². The summed E-state index contributed by atoms with van der Waals surface area (Å²) in [5.41, 5.74) is 6.36. The Morgan fingerprint density at radius 3 is 2.50 bits per heavy atom. The highest BCUT2D eigenvalue weighted by Crippen LogP contribution is 2.43. The molecule has 1 fully saturated rings. The van der Waals surface area contributed by atoms with E-state index >= 15 is 0 Å². The van der Waals surface area contributed by atoms with Gasteiger partial charge in [-0.2, -0.15) is 0 Å². The fraction of sp³-hybridized carbons (Fsp3) is 0.600. The molecule has 1 nitrogen and oxygen atoms in total. The van der Waals surface area contributed by atoms with E-state index in [1.165, 1.54) is 0 Å². The van der Waals surface area contributed by atoms with Crippen molar-refractivity contribution < 1.29 is 8.78 Å². The Bertz CT molecular complexity index is 458. The van der Waals surface area contributed by atoms with E-state index in [9.17, 15) is 8.78 Å². The van der Waals surface area contributed by atoms with Crippen molar-refractivity contribution in [3.8, 4) is 0 Å². The smallest absolute Gasteiger partial charge is 0.164 e. The van der Waals surface area contributed by atoms with Gasteiger partial charge in [0.2, 0.25) is 0 Å². The number of halogens is 2. The standard InChI is InChI=1S/C15H21F2N/c1-9-4-6-11(3)15(18,8-9)12-7-5-10(2)13(16)14(12)17/h5,7,9,11H,4,6,8,18H2,1-3H3. The van der Waals surface area contributed by atoms with Crippen LogP contribution in [0.25, 0.3) is 0 Å². The molecule has 3 unspecified atom stereocenters. The molecule has 0 saturated heterocycles. The highest BCUT2D eigenvalue weighted by molar-refractivity contribution is 5.32. The lowest BCUT2D eigenvalue weighted by Crippen LogP contribution is -2.48. The van der Waals surface area contributed by atoms with Crippen molar-refractivity contribution in [3.63, 3.8) is 0 Å². The van der Waals surface area contributed by atoms with Gasteiger partial charge >= 0.3 is 0 Å². The average Bonchev–Trinajstić information content (AvgIpc) is 2.31. The van der Waals surface area contributed by atoms with E-state index < -0.39 is 17.2 Å². The third-order valence-corrected chi connectivity index (χ3v) is 4.43.